The lowest BCUT2D eigenvalue weighted by Crippen LogP contribution is -1.94. The van der Waals surface area contributed by atoms with Crippen LogP contribution in [0.5, 0.6) is 0 Å². The lowest BCUT2D eigenvalue weighted by atomic mass is 10.0. The van der Waals surface area contributed by atoms with Gasteiger partial charge in [-0.25, -0.2) is 0 Å². The minimum absolute atomic E-state index is 0.336. The predicted octanol–water partition coefficient (Wildman–Crippen LogP) is 3.62. The highest BCUT2D eigenvalue weighted by Gasteiger charge is 1.99. The van der Waals surface area contributed by atoms with Crippen LogP contribution in [0, 0.1) is 41.4 Å². The molecule has 0 aliphatic heterocycles. The summed E-state index contributed by atoms with van der Waals surface area (Å²) in [6, 6.07) is 0. The SMILES string of the molecule is CC#CCC(C#CCCC)CC#CCC. The van der Waals surface area contributed by atoms with Crippen molar-refractivity contribution in [1.82, 2.24) is 0 Å². The van der Waals surface area contributed by atoms with Crippen molar-refractivity contribution in [3.05, 3.63) is 0 Å². The zero-order chi connectivity index (χ0) is 11.4. The van der Waals surface area contributed by atoms with Crippen molar-refractivity contribution in [2.24, 2.45) is 5.92 Å². The number of hydrogen-bond acceptors (Lipinski definition) is 0. The summed E-state index contributed by atoms with van der Waals surface area (Å²) in [5.74, 6) is 19.0. The van der Waals surface area contributed by atoms with Crippen molar-refractivity contribution in [3.63, 3.8) is 0 Å². The average molecular weight is 200 g/mol. The molecule has 0 aromatic heterocycles. The monoisotopic (exact) mass is 200 g/mol. The van der Waals surface area contributed by atoms with Gasteiger partial charge in [-0.2, -0.15) is 0 Å². The van der Waals surface area contributed by atoms with E-state index in [0.717, 1.165) is 32.1 Å². The van der Waals surface area contributed by atoms with Crippen LogP contribution >= 0.6 is 0 Å². The van der Waals surface area contributed by atoms with Crippen LogP contribution in [0.3, 0.4) is 0 Å². The highest BCUT2D eigenvalue weighted by atomic mass is 14.0. The van der Waals surface area contributed by atoms with E-state index in [2.05, 4.69) is 49.4 Å². The summed E-state index contributed by atoms with van der Waals surface area (Å²) in [7, 11) is 0. The molecular weight excluding hydrogens is 180 g/mol. The molecule has 0 radical (unpaired) electrons. The van der Waals surface area contributed by atoms with Crippen molar-refractivity contribution >= 4 is 0 Å². The number of unbranched alkanes of at least 4 members (excludes halogenated alkanes) is 1. The molecule has 0 aliphatic rings. The van der Waals surface area contributed by atoms with Crippen molar-refractivity contribution in [2.45, 2.75) is 52.9 Å². The molecule has 0 bridgehead atoms. The first-order valence-corrected chi connectivity index (χ1v) is 5.68. The van der Waals surface area contributed by atoms with Crippen LogP contribution in [0.15, 0.2) is 0 Å². The lowest BCUT2D eigenvalue weighted by Gasteiger charge is -2.00. The molecule has 1 unspecified atom stereocenters. The maximum atomic E-state index is 3.26. The summed E-state index contributed by atoms with van der Waals surface area (Å²) in [5, 5.41) is 0. The van der Waals surface area contributed by atoms with Crippen LogP contribution in [0.1, 0.15) is 52.9 Å². The van der Waals surface area contributed by atoms with Gasteiger partial charge in [-0.1, -0.05) is 19.8 Å². The molecule has 0 fully saturated rings. The van der Waals surface area contributed by atoms with Crippen LogP contribution in [0.4, 0.5) is 0 Å². The van der Waals surface area contributed by atoms with Gasteiger partial charge in [0, 0.05) is 31.6 Å². The molecular formula is C15H20. The van der Waals surface area contributed by atoms with E-state index in [9.17, 15) is 0 Å². The van der Waals surface area contributed by atoms with Crippen LogP contribution in [0.25, 0.3) is 0 Å². The van der Waals surface area contributed by atoms with E-state index in [-0.39, 0.29) is 0 Å². The van der Waals surface area contributed by atoms with Crippen molar-refractivity contribution in [2.75, 3.05) is 0 Å². The third-order valence-corrected chi connectivity index (χ3v) is 1.86. The van der Waals surface area contributed by atoms with E-state index < -0.39 is 0 Å². The fraction of sp³-hybridized carbons (Fsp3) is 0.600. The molecule has 1 atom stereocenters. The van der Waals surface area contributed by atoms with E-state index in [1.54, 1.807) is 0 Å². The first kappa shape index (κ1) is 13.7. The van der Waals surface area contributed by atoms with Crippen molar-refractivity contribution in [1.29, 1.82) is 0 Å². The molecule has 15 heavy (non-hydrogen) atoms. The standard InChI is InChI=1S/C15H20/c1-4-7-10-13-15(12-9-6-3)14-11-8-5-2/h15H,4-5,7,12,14H2,1-3H3. The van der Waals surface area contributed by atoms with Gasteiger partial charge in [0.05, 0.1) is 0 Å². The topological polar surface area (TPSA) is 0 Å². The van der Waals surface area contributed by atoms with Crippen molar-refractivity contribution in [3.8, 4) is 35.5 Å². The van der Waals surface area contributed by atoms with E-state index in [1.165, 1.54) is 0 Å². The second-order valence-electron chi connectivity index (χ2n) is 3.31. The summed E-state index contributed by atoms with van der Waals surface area (Å²) >= 11 is 0. The molecule has 0 spiro atoms. The van der Waals surface area contributed by atoms with Gasteiger partial charge in [0.1, 0.15) is 0 Å². The Kier molecular flexibility index (Phi) is 9.81. The van der Waals surface area contributed by atoms with E-state index in [1.807, 2.05) is 6.92 Å². The summed E-state index contributed by atoms with van der Waals surface area (Å²) < 4.78 is 0. The first-order chi connectivity index (χ1) is 7.35. The molecule has 0 rings (SSSR count). The predicted molar refractivity (Wildman–Crippen MR) is 66.9 cm³/mol. The molecule has 0 aromatic carbocycles. The second-order valence-corrected chi connectivity index (χ2v) is 3.31. The summed E-state index contributed by atoms with van der Waals surface area (Å²) in [4.78, 5) is 0. The van der Waals surface area contributed by atoms with Crippen LogP contribution in [-0.4, -0.2) is 0 Å². The highest BCUT2D eigenvalue weighted by Crippen LogP contribution is 2.05. The largest absolute Gasteiger partial charge is 0.107 e. The van der Waals surface area contributed by atoms with Gasteiger partial charge in [-0.15, -0.1) is 29.6 Å². The molecule has 0 amide bonds. The molecule has 0 heteroatoms. The molecule has 0 saturated carbocycles. The molecule has 80 valence electrons. The molecule has 0 nitrogen and oxygen atoms in total. The van der Waals surface area contributed by atoms with E-state index in [4.69, 9.17) is 0 Å². The van der Waals surface area contributed by atoms with Crippen molar-refractivity contribution < 1.29 is 0 Å². The Labute approximate surface area is 94.8 Å². The maximum absolute atomic E-state index is 3.26. The smallest absolute Gasteiger partial charge is 0.0421 e. The van der Waals surface area contributed by atoms with Crippen LogP contribution in [0.2, 0.25) is 0 Å². The molecule has 0 saturated heterocycles. The number of hydrogen-bond donors (Lipinski definition) is 0. The minimum atomic E-state index is 0.336. The quantitative estimate of drug-likeness (QED) is 0.610. The van der Waals surface area contributed by atoms with Gasteiger partial charge in [0.2, 0.25) is 0 Å². The first-order valence-electron chi connectivity index (χ1n) is 5.68. The summed E-state index contributed by atoms with van der Waals surface area (Å²) in [5.41, 5.74) is 0. The minimum Gasteiger partial charge on any atom is -0.107 e. The Balaban J connectivity index is 4.17. The lowest BCUT2D eigenvalue weighted by molar-refractivity contribution is 0.723. The van der Waals surface area contributed by atoms with Gasteiger partial charge in [-0.05, 0) is 13.3 Å². The van der Waals surface area contributed by atoms with Gasteiger partial charge in [0.25, 0.3) is 0 Å². The van der Waals surface area contributed by atoms with Crippen LogP contribution in [-0.2, 0) is 0 Å². The summed E-state index contributed by atoms with van der Waals surface area (Å²) in [6.07, 6.45) is 4.75. The fourth-order valence-corrected chi connectivity index (χ4v) is 1.06. The van der Waals surface area contributed by atoms with E-state index >= 15 is 0 Å². The maximum Gasteiger partial charge on any atom is 0.0421 e. The third kappa shape index (κ3) is 9.00. The Morgan fingerprint density at radius 1 is 0.933 bits per heavy atom. The molecule has 0 heterocycles. The molecule has 0 aliphatic carbocycles. The number of rotatable bonds is 3. The zero-order valence-corrected chi connectivity index (χ0v) is 10.1. The Bertz CT molecular complexity index is 316. The highest BCUT2D eigenvalue weighted by molar-refractivity contribution is 5.13. The van der Waals surface area contributed by atoms with Gasteiger partial charge in [0.15, 0.2) is 0 Å². The second kappa shape index (κ2) is 10.8. The Morgan fingerprint density at radius 2 is 1.67 bits per heavy atom. The molecule has 0 N–H and O–H groups in total. The normalized spacial score (nSPS) is 9.80. The summed E-state index contributed by atoms with van der Waals surface area (Å²) in [6.45, 7) is 6.08. The van der Waals surface area contributed by atoms with Gasteiger partial charge in [-0.3, -0.25) is 0 Å². The van der Waals surface area contributed by atoms with Gasteiger partial charge < -0.3 is 0 Å². The molecule has 0 aromatic rings. The average Bonchev–Trinajstić information content (AvgIpc) is 2.25. The van der Waals surface area contributed by atoms with E-state index in [0.29, 0.717) is 5.92 Å². The van der Waals surface area contributed by atoms with Gasteiger partial charge >= 0.3 is 0 Å². The zero-order valence-electron chi connectivity index (χ0n) is 10.1. The fourth-order valence-electron chi connectivity index (χ4n) is 1.06. The Hall–Kier alpha value is -1.32. The van der Waals surface area contributed by atoms with Crippen LogP contribution < -0.4 is 0 Å². The third-order valence-electron chi connectivity index (χ3n) is 1.86. The Morgan fingerprint density at radius 3 is 2.27 bits per heavy atom.